The van der Waals surface area contributed by atoms with E-state index in [-0.39, 0.29) is 0 Å². The molecule has 0 aliphatic carbocycles. The minimum absolute atomic E-state index is 0.886. The molecule has 14 nitrogen and oxygen atoms in total. The van der Waals surface area contributed by atoms with E-state index < -0.39 is 23.9 Å². The molecule has 294 valence electrons. The van der Waals surface area contributed by atoms with E-state index in [1.165, 1.54) is 11.1 Å². The number of hydrogen-bond acceptors (Lipinski definition) is 10. The molecule has 0 amide bonds. The number of carbonyl (C=O) groups is 4. The third kappa shape index (κ3) is 18.7. The highest BCUT2D eigenvalue weighted by Crippen LogP contribution is 2.20. The van der Waals surface area contributed by atoms with Crippen molar-refractivity contribution in [1.29, 1.82) is 0 Å². The Morgan fingerprint density at radius 1 is 0.375 bits per heavy atom. The molecule has 0 heterocycles. The summed E-state index contributed by atoms with van der Waals surface area (Å²) in [7, 11) is 0. The molecule has 0 radical (unpaired) electrons. The first-order valence-electron chi connectivity index (χ1n) is 17.8. The van der Waals surface area contributed by atoms with E-state index in [1.807, 2.05) is 36.4 Å². The summed E-state index contributed by atoms with van der Waals surface area (Å²) in [6.45, 7) is 5.60. The van der Waals surface area contributed by atoms with Crippen molar-refractivity contribution in [3.8, 4) is 0 Å². The van der Waals surface area contributed by atoms with E-state index in [1.54, 1.807) is 0 Å². The summed E-state index contributed by atoms with van der Waals surface area (Å²) in [5.41, 5.74) is 9.31. The zero-order valence-electron chi connectivity index (χ0n) is 30.8. The SMILES string of the molecule is O=C(O)C(=O)O.O=C(O)C(=O)O.c1ccc(Nc2ccc(NCCCNCc3cccc(CNCCCNc4ccc(Nc5ccccc5)cc4)c3)cc2)cc1. The van der Waals surface area contributed by atoms with Gasteiger partial charge in [-0.3, -0.25) is 0 Å². The van der Waals surface area contributed by atoms with Crippen LogP contribution >= 0.6 is 0 Å². The first-order chi connectivity index (χ1) is 27.1. The zero-order chi connectivity index (χ0) is 40.4. The Bertz CT molecular complexity index is 1750. The Hall–Kier alpha value is -6.90. The molecule has 10 N–H and O–H groups in total. The van der Waals surface area contributed by atoms with E-state index in [0.717, 1.165) is 86.2 Å². The van der Waals surface area contributed by atoms with Crippen LogP contribution in [-0.4, -0.2) is 70.5 Å². The molecule has 5 aromatic carbocycles. The highest BCUT2D eigenvalue weighted by molar-refractivity contribution is 6.27. The number of aliphatic carboxylic acids is 4. The van der Waals surface area contributed by atoms with Crippen molar-refractivity contribution in [1.82, 2.24) is 10.6 Å². The molecule has 0 saturated carbocycles. The van der Waals surface area contributed by atoms with Gasteiger partial charge in [0.15, 0.2) is 0 Å². The standard InChI is InChI=1S/C38H44N6.2C2H2O4/c1-3-12-35(13-4-1)43-37-20-16-33(17-21-37)41-26-8-24-39-29-31-10-7-11-32(28-31)30-40-25-9-27-42-34-18-22-38(23-19-34)44-36-14-5-2-6-15-36;2*3-1(4)2(5)6/h1-7,10-23,28,39-44H,8-9,24-27,29-30H2;2*(H,3,4)(H,5,6). The van der Waals surface area contributed by atoms with Crippen molar-refractivity contribution in [3.05, 3.63) is 145 Å². The fraction of sp³-hybridized carbons (Fsp3) is 0.190. The van der Waals surface area contributed by atoms with Crippen molar-refractivity contribution in [2.45, 2.75) is 25.9 Å². The van der Waals surface area contributed by atoms with Gasteiger partial charge in [0.2, 0.25) is 0 Å². The maximum atomic E-state index is 9.10. The van der Waals surface area contributed by atoms with Gasteiger partial charge in [-0.1, -0.05) is 60.7 Å². The summed E-state index contributed by atoms with van der Waals surface area (Å²) in [6.07, 6.45) is 2.13. The second kappa shape index (κ2) is 25.2. The average molecular weight is 765 g/mol. The van der Waals surface area contributed by atoms with Crippen LogP contribution in [0, 0.1) is 0 Å². The predicted octanol–water partition coefficient (Wildman–Crippen LogP) is 6.67. The molecule has 5 rings (SSSR count). The van der Waals surface area contributed by atoms with Gasteiger partial charge in [-0.25, -0.2) is 19.2 Å². The van der Waals surface area contributed by atoms with Crippen LogP contribution in [0.4, 0.5) is 34.1 Å². The van der Waals surface area contributed by atoms with Crippen LogP contribution in [0.1, 0.15) is 24.0 Å². The number of benzene rings is 5. The lowest BCUT2D eigenvalue weighted by Gasteiger charge is -2.11. The quantitative estimate of drug-likeness (QED) is 0.0333. The molecule has 5 aromatic rings. The van der Waals surface area contributed by atoms with Crippen molar-refractivity contribution >= 4 is 58.0 Å². The largest absolute Gasteiger partial charge is 0.473 e. The maximum absolute atomic E-state index is 9.10. The first-order valence-corrected chi connectivity index (χ1v) is 17.8. The summed E-state index contributed by atoms with van der Waals surface area (Å²) in [4.78, 5) is 36.4. The Balaban J connectivity index is 0.000000609. The molecule has 0 fully saturated rings. The smallest absolute Gasteiger partial charge is 0.414 e. The Kier molecular flexibility index (Phi) is 19.6. The van der Waals surface area contributed by atoms with Crippen LogP contribution in [-0.2, 0) is 32.3 Å². The summed E-state index contributed by atoms with van der Waals surface area (Å²) in [5.74, 6) is -7.30. The lowest BCUT2D eigenvalue weighted by atomic mass is 10.1. The van der Waals surface area contributed by atoms with Crippen LogP contribution in [0.5, 0.6) is 0 Å². The molecule has 0 atom stereocenters. The summed E-state index contributed by atoms with van der Waals surface area (Å²) < 4.78 is 0. The summed E-state index contributed by atoms with van der Waals surface area (Å²) in [6, 6.07) is 46.3. The van der Waals surface area contributed by atoms with Gasteiger partial charge < -0.3 is 52.3 Å². The number of para-hydroxylation sites is 2. The molecule has 14 heteroatoms. The minimum Gasteiger partial charge on any atom is -0.473 e. The monoisotopic (exact) mass is 764 g/mol. The van der Waals surface area contributed by atoms with Crippen LogP contribution in [0.25, 0.3) is 0 Å². The van der Waals surface area contributed by atoms with E-state index in [2.05, 4.69) is 129 Å². The van der Waals surface area contributed by atoms with Gasteiger partial charge in [-0.15, -0.1) is 0 Å². The number of anilines is 6. The minimum atomic E-state index is -1.82. The molecule has 56 heavy (non-hydrogen) atoms. The molecular formula is C42H48N6O8. The molecule has 0 aromatic heterocycles. The van der Waals surface area contributed by atoms with E-state index in [0.29, 0.717) is 0 Å². The fourth-order valence-corrected chi connectivity index (χ4v) is 4.93. The third-order valence-corrected chi connectivity index (χ3v) is 7.63. The van der Waals surface area contributed by atoms with E-state index in [4.69, 9.17) is 39.6 Å². The molecule has 0 aliphatic heterocycles. The average Bonchev–Trinajstić information content (AvgIpc) is 3.20. The van der Waals surface area contributed by atoms with Gasteiger partial charge in [-0.05, 0) is 110 Å². The van der Waals surface area contributed by atoms with Gasteiger partial charge in [0.25, 0.3) is 0 Å². The number of hydrogen-bond donors (Lipinski definition) is 10. The van der Waals surface area contributed by atoms with Crippen molar-refractivity contribution in [2.24, 2.45) is 0 Å². The normalized spacial score (nSPS) is 10.0. The lowest BCUT2D eigenvalue weighted by Crippen LogP contribution is -2.19. The topological polar surface area (TPSA) is 221 Å². The van der Waals surface area contributed by atoms with Crippen LogP contribution in [0.3, 0.4) is 0 Å². The van der Waals surface area contributed by atoms with Crippen molar-refractivity contribution < 1.29 is 39.6 Å². The van der Waals surface area contributed by atoms with Crippen LogP contribution in [0.15, 0.2) is 133 Å². The van der Waals surface area contributed by atoms with Gasteiger partial charge in [0, 0.05) is 60.3 Å². The van der Waals surface area contributed by atoms with Crippen LogP contribution in [0.2, 0.25) is 0 Å². The van der Waals surface area contributed by atoms with Crippen LogP contribution < -0.4 is 31.9 Å². The molecule has 0 spiro atoms. The second-order valence-corrected chi connectivity index (χ2v) is 12.1. The van der Waals surface area contributed by atoms with E-state index in [9.17, 15) is 0 Å². The summed E-state index contributed by atoms with van der Waals surface area (Å²) in [5, 5.41) is 50.6. The third-order valence-electron chi connectivity index (χ3n) is 7.63. The fourth-order valence-electron chi connectivity index (χ4n) is 4.93. The first kappa shape index (κ1) is 43.5. The number of nitrogens with one attached hydrogen (secondary N) is 6. The lowest BCUT2D eigenvalue weighted by molar-refractivity contribution is -0.159. The second-order valence-electron chi connectivity index (χ2n) is 12.1. The maximum Gasteiger partial charge on any atom is 0.414 e. The summed E-state index contributed by atoms with van der Waals surface area (Å²) >= 11 is 0. The molecule has 0 bridgehead atoms. The molecule has 0 aliphatic rings. The zero-order valence-corrected chi connectivity index (χ0v) is 30.8. The Labute approximate surface area is 325 Å². The van der Waals surface area contributed by atoms with Crippen molar-refractivity contribution in [3.63, 3.8) is 0 Å². The molecule has 0 saturated heterocycles. The predicted molar refractivity (Wildman–Crippen MR) is 219 cm³/mol. The highest BCUT2D eigenvalue weighted by Gasteiger charge is 2.05. The van der Waals surface area contributed by atoms with Gasteiger partial charge in [0.1, 0.15) is 0 Å². The number of rotatable bonds is 18. The Morgan fingerprint density at radius 2 is 0.696 bits per heavy atom. The van der Waals surface area contributed by atoms with Crippen molar-refractivity contribution in [2.75, 3.05) is 47.4 Å². The van der Waals surface area contributed by atoms with Gasteiger partial charge in [-0.2, -0.15) is 0 Å². The van der Waals surface area contributed by atoms with Gasteiger partial charge >= 0.3 is 23.9 Å². The highest BCUT2D eigenvalue weighted by atomic mass is 16.4. The number of carboxylic acids is 4. The van der Waals surface area contributed by atoms with Gasteiger partial charge in [0.05, 0.1) is 0 Å². The Morgan fingerprint density at radius 3 is 1.04 bits per heavy atom. The molecular weight excluding hydrogens is 716 g/mol. The van der Waals surface area contributed by atoms with E-state index >= 15 is 0 Å². The number of carboxylic acid groups (broad SMARTS) is 4. The molecule has 0 unspecified atom stereocenters.